The highest BCUT2D eigenvalue weighted by Gasteiger charge is 2.13. The van der Waals surface area contributed by atoms with E-state index < -0.39 is 0 Å². The van der Waals surface area contributed by atoms with Crippen molar-refractivity contribution in [2.45, 2.75) is 6.42 Å². The number of carbonyl (C=O) groups excluding carboxylic acids is 1. The van der Waals surface area contributed by atoms with Gasteiger partial charge in [-0.3, -0.25) is 9.69 Å². The number of nitrogens with zero attached hydrogens (tertiary/aromatic N) is 2. The molecule has 1 aromatic carbocycles. The zero-order valence-electron chi connectivity index (χ0n) is 11.2. The first-order valence-electron chi connectivity index (χ1n) is 6.61. The SMILES string of the molecule is N#Cc1cc(NC(=O)CN2CCCNCC2)ccc1Cl. The van der Waals surface area contributed by atoms with Gasteiger partial charge >= 0.3 is 0 Å². The molecular formula is C14H17ClN4O. The third kappa shape index (κ3) is 4.20. The van der Waals surface area contributed by atoms with E-state index in [0.29, 0.717) is 22.8 Å². The van der Waals surface area contributed by atoms with Crippen molar-refractivity contribution in [2.75, 3.05) is 38.0 Å². The Morgan fingerprint density at radius 1 is 1.45 bits per heavy atom. The van der Waals surface area contributed by atoms with Crippen LogP contribution in [0.25, 0.3) is 0 Å². The van der Waals surface area contributed by atoms with Gasteiger partial charge in [0, 0.05) is 18.8 Å². The molecule has 0 aromatic heterocycles. The average Bonchev–Trinajstić information content (AvgIpc) is 2.69. The van der Waals surface area contributed by atoms with Crippen molar-refractivity contribution in [3.63, 3.8) is 0 Å². The Morgan fingerprint density at radius 2 is 2.30 bits per heavy atom. The minimum absolute atomic E-state index is 0.0712. The summed E-state index contributed by atoms with van der Waals surface area (Å²) in [7, 11) is 0. The molecule has 20 heavy (non-hydrogen) atoms. The molecular weight excluding hydrogens is 276 g/mol. The molecule has 0 aliphatic carbocycles. The maximum absolute atomic E-state index is 12.0. The molecule has 1 aliphatic heterocycles. The number of rotatable bonds is 3. The number of amides is 1. The van der Waals surface area contributed by atoms with Crippen molar-refractivity contribution < 1.29 is 4.79 Å². The van der Waals surface area contributed by atoms with E-state index in [-0.39, 0.29) is 5.91 Å². The van der Waals surface area contributed by atoms with Crippen LogP contribution in [0.2, 0.25) is 5.02 Å². The highest BCUT2D eigenvalue weighted by atomic mass is 35.5. The standard InChI is InChI=1S/C14H17ClN4O/c15-13-3-2-12(8-11(13)9-16)18-14(20)10-19-6-1-4-17-5-7-19/h2-3,8,17H,1,4-7,10H2,(H,18,20). The summed E-state index contributed by atoms with van der Waals surface area (Å²) in [6, 6.07) is 6.90. The third-order valence-electron chi connectivity index (χ3n) is 3.17. The molecule has 1 heterocycles. The summed E-state index contributed by atoms with van der Waals surface area (Å²) in [4.78, 5) is 14.1. The minimum Gasteiger partial charge on any atom is -0.325 e. The van der Waals surface area contributed by atoms with Gasteiger partial charge in [0.1, 0.15) is 6.07 Å². The molecule has 0 radical (unpaired) electrons. The highest BCUT2D eigenvalue weighted by Crippen LogP contribution is 2.19. The van der Waals surface area contributed by atoms with E-state index in [2.05, 4.69) is 15.5 Å². The number of anilines is 1. The summed E-state index contributed by atoms with van der Waals surface area (Å²) in [5.74, 6) is -0.0712. The molecule has 2 N–H and O–H groups in total. The Labute approximate surface area is 123 Å². The number of carbonyl (C=O) groups is 1. The smallest absolute Gasteiger partial charge is 0.238 e. The van der Waals surface area contributed by atoms with E-state index in [1.54, 1.807) is 18.2 Å². The van der Waals surface area contributed by atoms with Crippen molar-refractivity contribution in [2.24, 2.45) is 0 Å². The first kappa shape index (κ1) is 14.8. The summed E-state index contributed by atoms with van der Waals surface area (Å²) in [5, 5.41) is 15.4. The number of hydrogen-bond acceptors (Lipinski definition) is 4. The Morgan fingerprint density at radius 3 is 3.10 bits per heavy atom. The van der Waals surface area contributed by atoms with E-state index in [9.17, 15) is 4.79 Å². The fraction of sp³-hybridized carbons (Fsp3) is 0.429. The van der Waals surface area contributed by atoms with Crippen LogP contribution >= 0.6 is 11.6 Å². The van der Waals surface area contributed by atoms with Crippen LogP contribution in [0, 0.1) is 11.3 Å². The fourth-order valence-electron chi connectivity index (χ4n) is 2.15. The normalized spacial score (nSPS) is 16.2. The lowest BCUT2D eigenvalue weighted by Crippen LogP contribution is -2.35. The quantitative estimate of drug-likeness (QED) is 0.885. The molecule has 0 bridgehead atoms. The van der Waals surface area contributed by atoms with Crippen LogP contribution in [0.4, 0.5) is 5.69 Å². The Bertz CT molecular complexity index is 518. The van der Waals surface area contributed by atoms with E-state index in [4.69, 9.17) is 16.9 Å². The topological polar surface area (TPSA) is 68.2 Å². The van der Waals surface area contributed by atoms with E-state index in [1.165, 1.54) is 0 Å². The van der Waals surface area contributed by atoms with E-state index >= 15 is 0 Å². The van der Waals surface area contributed by atoms with Gasteiger partial charge in [-0.05, 0) is 37.7 Å². The van der Waals surface area contributed by atoms with Crippen LogP contribution in [0.15, 0.2) is 18.2 Å². The molecule has 1 amide bonds. The lowest BCUT2D eigenvalue weighted by Gasteiger charge is -2.18. The molecule has 0 atom stereocenters. The van der Waals surface area contributed by atoms with Crippen molar-refractivity contribution >= 4 is 23.2 Å². The first-order valence-corrected chi connectivity index (χ1v) is 6.99. The molecule has 106 valence electrons. The zero-order chi connectivity index (χ0) is 14.4. The molecule has 0 spiro atoms. The van der Waals surface area contributed by atoms with Gasteiger partial charge in [-0.2, -0.15) is 5.26 Å². The summed E-state index contributed by atoms with van der Waals surface area (Å²) < 4.78 is 0. The predicted octanol–water partition coefficient (Wildman–Crippen LogP) is 1.45. The molecule has 5 nitrogen and oxygen atoms in total. The van der Waals surface area contributed by atoms with Gasteiger partial charge < -0.3 is 10.6 Å². The maximum atomic E-state index is 12.0. The van der Waals surface area contributed by atoms with Gasteiger partial charge in [0.2, 0.25) is 5.91 Å². The molecule has 0 unspecified atom stereocenters. The van der Waals surface area contributed by atoms with Crippen LogP contribution in [-0.2, 0) is 4.79 Å². The largest absolute Gasteiger partial charge is 0.325 e. The Hall–Kier alpha value is -1.61. The summed E-state index contributed by atoms with van der Waals surface area (Å²) in [6.07, 6.45) is 1.05. The van der Waals surface area contributed by atoms with E-state index in [1.807, 2.05) is 6.07 Å². The number of halogens is 1. The van der Waals surface area contributed by atoms with Gasteiger partial charge in [0.25, 0.3) is 0 Å². The zero-order valence-corrected chi connectivity index (χ0v) is 11.9. The van der Waals surface area contributed by atoms with Gasteiger partial charge in [-0.15, -0.1) is 0 Å². The lowest BCUT2D eigenvalue weighted by molar-refractivity contribution is -0.117. The molecule has 0 saturated carbocycles. The van der Waals surface area contributed by atoms with Gasteiger partial charge in [0.15, 0.2) is 0 Å². The first-order chi connectivity index (χ1) is 9.69. The summed E-state index contributed by atoms with van der Waals surface area (Å²) in [5.41, 5.74) is 0.965. The second-order valence-electron chi connectivity index (χ2n) is 4.73. The molecule has 1 aliphatic rings. The number of benzene rings is 1. The molecule has 6 heteroatoms. The highest BCUT2D eigenvalue weighted by molar-refractivity contribution is 6.31. The molecule has 2 rings (SSSR count). The number of hydrogen-bond donors (Lipinski definition) is 2. The van der Waals surface area contributed by atoms with Crippen LogP contribution in [0.1, 0.15) is 12.0 Å². The molecule has 1 aromatic rings. The summed E-state index contributed by atoms with van der Waals surface area (Å²) in [6.45, 7) is 4.07. The second kappa shape index (κ2) is 7.25. The fourth-order valence-corrected chi connectivity index (χ4v) is 2.31. The van der Waals surface area contributed by atoms with Crippen LogP contribution in [0.5, 0.6) is 0 Å². The van der Waals surface area contributed by atoms with Gasteiger partial charge in [-0.25, -0.2) is 0 Å². The van der Waals surface area contributed by atoms with Gasteiger partial charge in [-0.1, -0.05) is 11.6 Å². The minimum atomic E-state index is -0.0712. The van der Waals surface area contributed by atoms with Crippen molar-refractivity contribution in [1.29, 1.82) is 5.26 Å². The predicted molar refractivity (Wildman–Crippen MR) is 78.7 cm³/mol. The van der Waals surface area contributed by atoms with Gasteiger partial charge in [0.05, 0.1) is 17.1 Å². The third-order valence-corrected chi connectivity index (χ3v) is 3.50. The molecule has 1 fully saturated rings. The van der Waals surface area contributed by atoms with Crippen molar-refractivity contribution in [3.8, 4) is 6.07 Å². The number of nitriles is 1. The Balaban J connectivity index is 1.92. The second-order valence-corrected chi connectivity index (χ2v) is 5.14. The van der Waals surface area contributed by atoms with E-state index in [0.717, 1.165) is 32.6 Å². The molecule has 1 saturated heterocycles. The average molecular weight is 293 g/mol. The lowest BCUT2D eigenvalue weighted by atomic mass is 10.2. The maximum Gasteiger partial charge on any atom is 0.238 e. The van der Waals surface area contributed by atoms with Crippen LogP contribution < -0.4 is 10.6 Å². The number of nitrogens with one attached hydrogen (secondary N) is 2. The Kier molecular flexibility index (Phi) is 5.36. The van der Waals surface area contributed by atoms with Crippen LogP contribution in [-0.4, -0.2) is 43.5 Å². The van der Waals surface area contributed by atoms with Crippen molar-refractivity contribution in [3.05, 3.63) is 28.8 Å². The monoisotopic (exact) mass is 292 g/mol. The van der Waals surface area contributed by atoms with Crippen molar-refractivity contribution in [1.82, 2.24) is 10.2 Å². The van der Waals surface area contributed by atoms with Crippen LogP contribution in [0.3, 0.4) is 0 Å². The summed E-state index contributed by atoms with van der Waals surface area (Å²) >= 11 is 5.86.